The van der Waals surface area contributed by atoms with Crippen LogP contribution in [0.3, 0.4) is 0 Å². The molecule has 4 atom stereocenters. The Balaban J connectivity index is 1.37. The molecule has 3 amide bonds. The lowest BCUT2D eigenvalue weighted by Gasteiger charge is -2.35. The van der Waals surface area contributed by atoms with Crippen LogP contribution in [-0.2, 0) is 33.0 Å². The average molecular weight is 711 g/mol. The summed E-state index contributed by atoms with van der Waals surface area (Å²) in [5.74, 6) is -0.775. The Kier molecular flexibility index (Phi) is 11.7. The maximum absolute atomic E-state index is 14.4. The van der Waals surface area contributed by atoms with Crippen molar-refractivity contribution in [3.05, 3.63) is 95.6 Å². The summed E-state index contributed by atoms with van der Waals surface area (Å²) < 4.78 is 5.79. The molecular formula is C41H50N4O7. The SMILES string of the molecule is CCOc1ccc2c(c1)CC(NCCCCO)C(=O)N2c1ccc2c(c1)[C@](O)([C@@H](C)/C=C/CC(=O)N1CCC[C@H]1CO)C(=O)N2Cc1ccccc1. The first kappa shape index (κ1) is 37.2. The summed E-state index contributed by atoms with van der Waals surface area (Å²) in [7, 11) is 0. The molecule has 3 aromatic carbocycles. The molecule has 4 N–H and O–H groups in total. The number of amides is 3. The number of nitrogens with one attached hydrogen (secondary N) is 1. The second-order valence-electron chi connectivity index (χ2n) is 13.9. The van der Waals surface area contributed by atoms with E-state index in [1.54, 1.807) is 45.9 Å². The van der Waals surface area contributed by atoms with E-state index in [-0.39, 0.29) is 44.0 Å². The predicted molar refractivity (Wildman–Crippen MR) is 199 cm³/mol. The van der Waals surface area contributed by atoms with Crippen molar-refractivity contribution in [2.75, 3.05) is 42.7 Å². The van der Waals surface area contributed by atoms with Crippen molar-refractivity contribution >= 4 is 34.8 Å². The second-order valence-corrected chi connectivity index (χ2v) is 13.9. The Labute approximate surface area is 305 Å². The van der Waals surface area contributed by atoms with Crippen molar-refractivity contribution in [2.24, 2.45) is 5.92 Å². The van der Waals surface area contributed by atoms with Crippen molar-refractivity contribution in [2.45, 2.75) is 76.6 Å². The van der Waals surface area contributed by atoms with Crippen LogP contribution in [0.25, 0.3) is 0 Å². The van der Waals surface area contributed by atoms with Crippen LogP contribution >= 0.6 is 0 Å². The zero-order valence-corrected chi connectivity index (χ0v) is 30.0. The van der Waals surface area contributed by atoms with Crippen LogP contribution in [0.4, 0.5) is 17.1 Å². The van der Waals surface area contributed by atoms with Crippen LogP contribution in [-0.4, -0.2) is 82.9 Å². The fourth-order valence-corrected chi connectivity index (χ4v) is 7.70. The number of aliphatic hydroxyl groups excluding tert-OH is 2. The van der Waals surface area contributed by atoms with Gasteiger partial charge in [0.1, 0.15) is 5.75 Å². The number of unbranched alkanes of at least 4 members (excludes halogenated alkanes) is 1. The maximum atomic E-state index is 14.4. The number of hydrogen-bond donors (Lipinski definition) is 4. The topological polar surface area (TPSA) is 143 Å². The number of anilines is 3. The van der Waals surface area contributed by atoms with Crippen molar-refractivity contribution in [1.82, 2.24) is 10.2 Å². The van der Waals surface area contributed by atoms with E-state index in [4.69, 9.17) is 4.74 Å². The Morgan fingerprint density at radius 2 is 1.85 bits per heavy atom. The third-order valence-corrected chi connectivity index (χ3v) is 10.5. The largest absolute Gasteiger partial charge is 0.494 e. The van der Waals surface area contributed by atoms with E-state index in [2.05, 4.69) is 5.32 Å². The summed E-state index contributed by atoms with van der Waals surface area (Å²) in [5, 5.41) is 34.9. The molecule has 52 heavy (non-hydrogen) atoms. The van der Waals surface area contributed by atoms with Gasteiger partial charge in [0.15, 0.2) is 5.60 Å². The Hall–Kier alpha value is -4.55. The van der Waals surface area contributed by atoms with Gasteiger partial charge in [-0.3, -0.25) is 19.3 Å². The van der Waals surface area contributed by atoms with Gasteiger partial charge in [0.2, 0.25) is 11.8 Å². The molecule has 0 aliphatic carbocycles. The van der Waals surface area contributed by atoms with Crippen LogP contribution in [0.2, 0.25) is 0 Å². The summed E-state index contributed by atoms with van der Waals surface area (Å²) in [4.78, 5) is 46.6. The highest BCUT2D eigenvalue weighted by Gasteiger charge is 2.53. The molecule has 1 unspecified atom stereocenters. The lowest BCUT2D eigenvalue weighted by molar-refractivity contribution is -0.139. The van der Waals surface area contributed by atoms with Gasteiger partial charge in [-0.1, -0.05) is 49.4 Å². The first-order valence-corrected chi connectivity index (χ1v) is 18.4. The van der Waals surface area contributed by atoms with E-state index in [9.17, 15) is 29.7 Å². The first-order valence-electron chi connectivity index (χ1n) is 18.4. The number of aliphatic hydroxyl groups is 3. The second kappa shape index (κ2) is 16.4. The number of carbonyl (C=O) groups excluding carboxylic acids is 3. The molecular weight excluding hydrogens is 660 g/mol. The van der Waals surface area contributed by atoms with Crippen molar-refractivity contribution in [3.8, 4) is 5.75 Å². The fourth-order valence-electron chi connectivity index (χ4n) is 7.70. The van der Waals surface area contributed by atoms with Crippen molar-refractivity contribution in [1.29, 1.82) is 0 Å². The predicted octanol–water partition coefficient (Wildman–Crippen LogP) is 4.34. The number of benzene rings is 3. The molecule has 0 radical (unpaired) electrons. The number of carbonyl (C=O) groups is 3. The van der Waals surface area contributed by atoms with Crippen molar-refractivity contribution in [3.63, 3.8) is 0 Å². The fraction of sp³-hybridized carbons (Fsp3) is 0.439. The third-order valence-electron chi connectivity index (χ3n) is 10.5. The molecule has 276 valence electrons. The number of fused-ring (bicyclic) bond motifs is 2. The maximum Gasteiger partial charge on any atom is 0.264 e. The molecule has 0 spiro atoms. The van der Waals surface area contributed by atoms with Gasteiger partial charge >= 0.3 is 0 Å². The molecule has 11 nitrogen and oxygen atoms in total. The van der Waals surface area contributed by atoms with Gasteiger partial charge < -0.3 is 35.2 Å². The molecule has 3 aromatic rings. The van der Waals surface area contributed by atoms with E-state index in [0.717, 1.165) is 24.0 Å². The number of hydrogen-bond acceptors (Lipinski definition) is 8. The molecule has 3 heterocycles. The Bertz CT molecular complexity index is 1780. The molecule has 6 rings (SSSR count). The van der Waals surface area contributed by atoms with Gasteiger partial charge in [-0.05, 0) is 93.1 Å². The molecule has 1 saturated heterocycles. The van der Waals surface area contributed by atoms with Crippen LogP contribution in [0.15, 0.2) is 78.9 Å². The minimum atomic E-state index is -1.98. The molecule has 0 saturated carbocycles. The molecule has 0 aromatic heterocycles. The lowest BCUT2D eigenvalue weighted by Crippen LogP contribution is -2.49. The number of likely N-dealkylation sites (tertiary alicyclic amines) is 1. The van der Waals surface area contributed by atoms with Gasteiger partial charge in [-0.2, -0.15) is 0 Å². The third kappa shape index (κ3) is 7.36. The standard InChI is InChI=1S/C41H50N4O7/c1-3-52-33-17-19-36-30(23-33)24-35(42-20-7-8-22-46)39(49)45(36)31-16-18-37-34(25-31)41(51,40(50)44(37)26-29-12-5-4-6-13-29)28(2)11-9-15-38(48)43-21-10-14-32(43)27-47/h4-6,9,11-13,16-19,23,25,28,32,35,42,46-47,51H,3,7-8,10,14-15,20-22,24,26-27H2,1-2H3/b11-9+/t28-,32-,35?,41+/m0/s1. The Morgan fingerprint density at radius 3 is 2.60 bits per heavy atom. The van der Waals surface area contributed by atoms with Gasteiger partial charge in [0.05, 0.1) is 43.2 Å². The summed E-state index contributed by atoms with van der Waals surface area (Å²) >= 11 is 0. The van der Waals surface area contributed by atoms with E-state index in [1.807, 2.05) is 61.5 Å². The van der Waals surface area contributed by atoms with E-state index in [0.29, 0.717) is 67.3 Å². The lowest BCUT2D eigenvalue weighted by atomic mass is 9.82. The summed E-state index contributed by atoms with van der Waals surface area (Å²) in [6.45, 7) is 5.59. The van der Waals surface area contributed by atoms with E-state index in [1.165, 1.54) is 0 Å². The van der Waals surface area contributed by atoms with Crippen LogP contribution in [0.1, 0.15) is 62.6 Å². The van der Waals surface area contributed by atoms with Gasteiger partial charge in [-0.25, -0.2) is 0 Å². The quantitative estimate of drug-likeness (QED) is 0.135. The first-order chi connectivity index (χ1) is 25.2. The zero-order valence-electron chi connectivity index (χ0n) is 30.0. The van der Waals surface area contributed by atoms with Crippen LogP contribution in [0, 0.1) is 5.92 Å². The minimum Gasteiger partial charge on any atom is -0.494 e. The number of ether oxygens (including phenoxy) is 1. The highest BCUT2D eigenvalue weighted by Crippen LogP contribution is 2.48. The summed E-state index contributed by atoms with van der Waals surface area (Å²) in [5.41, 5.74) is 1.98. The zero-order chi connectivity index (χ0) is 36.8. The number of rotatable bonds is 15. The van der Waals surface area contributed by atoms with E-state index < -0.39 is 23.5 Å². The highest BCUT2D eigenvalue weighted by molar-refractivity contribution is 6.10. The van der Waals surface area contributed by atoms with Gasteiger partial charge in [0.25, 0.3) is 5.91 Å². The monoisotopic (exact) mass is 710 g/mol. The molecule has 0 bridgehead atoms. The van der Waals surface area contributed by atoms with E-state index >= 15 is 0 Å². The Morgan fingerprint density at radius 1 is 1.06 bits per heavy atom. The molecule has 3 aliphatic heterocycles. The summed E-state index contributed by atoms with van der Waals surface area (Å²) in [6, 6.07) is 19.9. The normalized spacial score (nSPS) is 21.9. The number of nitrogens with zero attached hydrogens (tertiary/aromatic N) is 3. The van der Waals surface area contributed by atoms with Gasteiger partial charge in [0, 0.05) is 36.7 Å². The molecule has 1 fully saturated rings. The summed E-state index contributed by atoms with van der Waals surface area (Å²) in [6.07, 6.45) is 6.91. The smallest absolute Gasteiger partial charge is 0.264 e. The van der Waals surface area contributed by atoms with Crippen LogP contribution < -0.4 is 19.9 Å². The highest BCUT2D eigenvalue weighted by atomic mass is 16.5. The van der Waals surface area contributed by atoms with Crippen LogP contribution in [0.5, 0.6) is 5.75 Å². The average Bonchev–Trinajstić information content (AvgIpc) is 3.72. The minimum absolute atomic E-state index is 0.0747. The molecule has 11 heteroatoms. The van der Waals surface area contributed by atoms with Crippen molar-refractivity contribution < 1.29 is 34.4 Å². The molecule has 3 aliphatic rings. The van der Waals surface area contributed by atoms with Gasteiger partial charge in [-0.15, -0.1) is 0 Å².